The smallest absolute Gasteiger partial charge is 0.275 e. The second kappa shape index (κ2) is 19.2. The fourth-order valence-corrected chi connectivity index (χ4v) is 8.06. The molecule has 0 aliphatic heterocycles. The van der Waals surface area contributed by atoms with Crippen LogP contribution in [0.2, 0.25) is 0 Å². The SMILES string of the molecule is CC(C)(C)c1ccc(OPOc2ccc(C(C)(C)C)cc2C(C)(C)C)c(C(C)(C)C)c1.CC(C)(C)c1ccc(OPOc2ccc(C(C)(C)C)cc2C(C)(C)C)c(C(C)(C)C)c1. The Labute approximate surface area is 384 Å². The minimum atomic E-state index is -0.0951. The third-order valence-corrected chi connectivity index (χ3v) is 12.4. The van der Waals surface area contributed by atoms with E-state index in [-0.39, 0.29) is 61.4 Å². The van der Waals surface area contributed by atoms with Gasteiger partial charge in [0.1, 0.15) is 23.0 Å². The van der Waals surface area contributed by atoms with Crippen molar-refractivity contribution in [3.05, 3.63) is 117 Å². The van der Waals surface area contributed by atoms with Crippen molar-refractivity contribution in [2.75, 3.05) is 0 Å². The first-order valence-corrected chi connectivity index (χ1v) is 24.2. The lowest BCUT2D eigenvalue weighted by molar-refractivity contribution is 0.474. The zero-order valence-electron chi connectivity index (χ0n) is 43.6. The number of hydrogen-bond donors (Lipinski definition) is 0. The molecule has 0 aliphatic carbocycles. The Morgan fingerprint density at radius 3 is 0.532 bits per heavy atom. The molecule has 4 aromatic carbocycles. The number of benzene rings is 4. The highest BCUT2D eigenvalue weighted by atomic mass is 31.1. The number of rotatable bonds is 8. The summed E-state index contributed by atoms with van der Waals surface area (Å²) in [5, 5.41) is 0. The highest BCUT2D eigenvalue weighted by molar-refractivity contribution is 7.27. The van der Waals surface area contributed by atoms with Gasteiger partial charge >= 0.3 is 0 Å². The highest BCUT2D eigenvalue weighted by Gasteiger charge is 2.28. The van der Waals surface area contributed by atoms with Crippen LogP contribution in [0.15, 0.2) is 72.8 Å². The van der Waals surface area contributed by atoms with Crippen molar-refractivity contribution < 1.29 is 18.1 Å². The standard InChI is InChI=1S/2C28H43O2P/c2*1-25(2,3)19-13-15-23(21(17-19)27(7,8)9)29-31-30-24-16-14-20(26(4,5)6)18-22(24)28(10,11)12/h2*13-18,31H,1-12H3. The summed E-state index contributed by atoms with van der Waals surface area (Å²) in [6, 6.07) is 26.3. The van der Waals surface area contributed by atoms with Gasteiger partial charge in [-0.3, -0.25) is 0 Å². The van der Waals surface area contributed by atoms with Crippen molar-refractivity contribution in [1.29, 1.82) is 0 Å². The van der Waals surface area contributed by atoms with E-state index in [0.717, 1.165) is 23.0 Å². The molecule has 0 atom stereocenters. The van der Waals surface area contributed by atoms with Crippen LogP contribution in [-0.2, 0) is 43.3 Å². The summed E-state index contributed by atoms with van der Waals surface area (Å²) in [4.78, 5) is 0. The first-order chi connectivity index (χ1) is 27.8. The van der Waals surface area contributed by atoms with Gasteiger partial charge in [0.25, 0.3) is 18.1 Å². The van der Waals surface area contributed by atoms with Crippen molar-refractivity contribution in [2.24, 2.45) is 0 Å². The lowest BCUT2D eigenvalue weighted by Gasteiger charge is -2.28. The van der Waals surface area contributed by atoms with Crippen LogP contribution in [0, 0.1) is 0 Å². The van der Waals surface area contributed by atoms with Crippen LogP contribution in [0.5, 0.6) is 23.0 Å². The van der Waals surface area contributed by atoms with Crippen LogP contribution >= 0.6 is 18.1 Å². The average molecular weight is 885 g/mol. The molecule has 0 bridgehead atoms. The second-order valence-electron chi connectivity index (χ2n) is 25.4. The zero-order valence-corrected chi connectivity index (χ0v) is 45.6. The maximum Gasteiger partial charge on any atom is 0.275 e. The first-order valence-electron chi connectivity index (χ1n) is 22.6. The van der Waals surface area contributed by atoms with E-state index < -0.39 is 0 Å². The molecule has 0 N–H and O–H groups in total. The van der Waals surface area contributed by atoms with E-state index in [1.807, 2.05) is 0 Å². The molecule has 0 unspecified atom stereocenters. The Hall–Kier alpha value is -3.06. The molecule has 0 aliphatic rings. The van der Waals surface area contributed by atoms with Gasteiger partial charge in [-0.05, 0) is 89.8 Å². The average Bonchev–Trinajstić information content (AvgIpc) is 3.08. The molecule has 0 saturated carbocycles. The van der Waals surface area contributed by atoms with Crippen LogP contribution in [0.4, 0.5) is 0 Å². The maximum absolute atomic E-state index is 6.21. The lowest BCUT2D eigenvalue weighted by Crippen LogP contribution is -2.17. The summed E-state index contributed by atoms with van der Waals surface area (Å²) in [7, 11) is -0.190. The molecule has 4 nitrogen and oxygen atoms in total. The summed E-state index contributed by atoms with van der Waals surface area (Å²) >= 11 is 0. The van der Waals surface area contributed by atoms with Crippen molar-refractivity contribution in [1.82, 2.24) is 0 Å². The quantitative estimate of drug-likeness (QED) is 0.165. The predicted molar refractivity (Wildman–Crippen MR) is 275 cm³/mol. The van der Waals surface area contributed by atoms with Gasteiger partial charge in [-0.15, -0.1) is 0 Å². The minimum Gasteiger partial charge on any atom is -0.440 e. The van der Waals surface area contributed by atoms with E-state index in [4.69, 9.17) is 18.1 Å². The Kier molecular flexibility index (Phi) is 16.5. The summed E-state index contributed by atoms with van der Waals surface area (Å²) in [6.07, 6.45) is 0. The van der Waals surface area contributed by atoms with Crippen molar-refractivity contribution >= 4 is 18.1 Å². The van der Waals surface area contributed by atoms with Crippen molar-refractivity contribution in [2.45, 2.75) is 209 Å². The molecular weight excluding hydrogens is 799 g/mol. The molecule has 0 heterocycles. The van der Waals surface area contributed by atoms with Crippen LogP contribution in [0.1, 0.15) is 211 Å². The highest BCUT2D eigenvalue weighted by Crippen LogP contribution is 2.43. The normalized spacial score (nSPS) is 13.3. The van der Waals surface area contributed by atoms with Crippen LogP contribution in [-0.4, -0.2) is 0 Å². The van der Waals surface area contributed by atoms with E-state index in [0.29, 0.717) is 0 Å². The molecule has 344 valence electrons. The molecule has 0 fully saturated rings. The van der Waals surface area contributed by atoms with Gasteiger partial charge in [-0.25, -0.2) is 0 Å². The largest absolute Gasteiger partial charge is 0.440 e. The van der Waals surface area contributed by atoms with Gasteiger partial charge in [-0.2, -0.15) is 0 Å². The fraction of sp³-hybridized carbons (Fsp3) is 0.571. The minimum absolute atomic E-state index is 0.00794. The van der Waals surface area contributed by atoms with Gasteiger partial charge in [-0.1, -0.05) is 215 Å². The molecule has 4 aromatic rings. The van der Waals surface area contributed by atoms with Gasteiger partial charge in [0.15, 0.2) is 0 Å². The van der Waals surface area contributed by atoms with Crippen molar-refractivity contribution in [3.8, 4) is 23.0 Å². The van der Waals surface area contributed by atoms with Crippen LogP contribution in [0.25, 0.3) is 0 Å². The fourth-order valence-electron chi connectivity index (χ4n) is 6.91. The number of hydrogen-bond acceptors (Lipinski definition) is 4. The molecule has 6 heteroatoms. The van der Waals surface area contributed by atoms with Crippen LogP contribution in [0.3, 0.4) is 0 Å². The summed E-state index contributed by atoms with van der Waals surface area (Å²) in [6.45, 7) is 53.7. The molecule has 0 amide bonds. The predicted octanol–water partition coefficient (Wildman–Crippen LogP) is 17.7. The van der Waals surface area contributed by atoms with Gasteiger partial charge in [0.05, 0.1) is 0 Å². The molecule has 62 heavy (non-hydrogen) atoms. The third-order valence-electron chi connectivity index (χ3n) is 11.2. The maximum atomic E-state index is 6.21. The Balaban J connectivity index is 0.000000330. The van der Waals surface area contributed by atoms with Gasteiger partial charge in [0.2, 0.25) is 0 Å². The van der Waals surface area contributed by atoms with Gasteiger partial charge < -0.3 is 18.1 Å². The Morgan fingerprint density at radius 2 is 0.403 bits per heavy atom. The first kappa shape index (κ1) is 53.3. The molecule has 0 spiro atoms. The Morgan fingerprint density at radius 1 is 0.242 bits per heavy atom. The monoisotopic (exact) mass is 885 g/mol. The zero-order chi connectivity index (χ0) is 47.7. The topological polar surface area (TPSA) is 36.9 Å². The third kappa shape index (κ3) is 15.0. The van der Waals surface area contributed by atoms with E-state index in [9.17, 15) is 0 Å². The van der Waals surface area contributed by atoms with Crippen LogP contribution < -0.4 is 18.1 Å². The van der Waals surface area contributed by atoms with E-state index in [1.54, 1.807) is 0 Å². The summed E-state index contributed by atoms with van der Waals surface area (Å²) in [5.41, 5.74) is 10.5. The van der Waals surface area contributed by atoms with Crippen molar-refractivity contribution in [3.63, 3.8) is 0 Å². The molecule has 0 saturated heterocycles. The molecule has 4 rings (SSSR count). The summed E-state index contributed by atoms with van der Waals surface area (Å²) < 4.78 is 24.8. The Bertz CT molecular complexity index is 1800. The molecular formula is C56H86O4P2. The van der Waals surface area contributed by atoms with E-state index in [2.05, 4.69) is 239 Å². The summed E-state index contributed by atoms with van der Waals surface area (Å²) in [5.74, 6) is 3.62. The van der Waals surface area contributed by atoms with E-state index >= 15 is 0 Å². The lowest BCUT2D eigenvalue weighted by atomic mass is 9.80. The van der Waals surface area contributed by atoms with Gasteiger partial charge in [0, 0.05) is 22.3 Å². The second-order valence-corrected chi connectivity index (χ2v) is 26.6. The molecule has 0 aromatic heterocycles. The van der Waals surface area contributed by atoms with E-state index in [1.165, 1.54) is 44.5 Å². The molecule has 0 radical (unpaired) electrons.